The molecule has 1 aromatic heterocycles. The monoisotopic (exact) mass is 303 g/mol. The van der Waals surface area contributed by atoms with E-state index < -0.39 is 0 Å². The Morgan fingerprint density at radius 1 is 1.00 bits per heavy atom. The zero-order chi connectivity index (χ0) is 14.1. The third kappa shape index (κ3) is 2.54. The van der Waals surface area contributed by atoms with E-state index in [1.165, 1.54) is 0 Å². The zero-order valence-electron chi connectivity index (χ0n) is 11.7. The molecule has 0 radical (unpaired) electrons. The summed E-state index contributed by atoms with van der Waals surface area (Å²) in [6.07, 6.45) is 1.79. The Labute approximate surface area is 127 Å². The molecule has 0 aliphatic carbocycles. The van der Waals surface area contributed by atoms with Crippen LogP contribution in [0.1, 0.15) is 12.8 Å². The Morgan fingerprint density at radius 3 is 2.43 bits per heavy atom. The van der Waals surface area contributed by atoms with E-state index in [2.05, 4.69) is 27.2 Å². The number of nitrogens with zero attached hydrogens (tertiary/aromatic N) is 3. The second-order valence-corrected chi connectivity index (χ2v) is 6.31. The Hall–Kier alpha value is -1.50. The van der Waals surface area contributed by atoms with Crippen LogP contribution in [-0.4, -0.2) is 42.3 Å². The molecule has 2 saturated heterocycles. The van der Waals surface area contributed by atoms with Gasteiger partial charge in [0.2, 0.25) is 5.13 Å². The van der Waals surface area contributed by atoms with Crippen LogP contribution in [0.15, 0.2) is 30.3 Å². The maximum atomic E-state index is 5.76. The Kier molecular flexibility index (Phi) is 3.37. The summed E-state index contributed by atoms with van der Waals surface area (Å²) in [7, 11) is 0. The molecule has 6 heteroatoms. The van der Waals surface area contributed by atoms with E-state index in [0.717, 1.165) is 54.8 Å². The topological polar surface area (TPSA) is 47.5 Å². The molecule has 0 amide bonds. The molecule has 0 saturated carbocycles. The summed E-state index contributed by atoms with van der Waals surface area (Å²) < 4.78 is 11.5. The van der Waals surface area contributed by atoms with Crippen LogP contribution in [0.2, 0.25) is 0 Å². The average molecular weight is 303 g/mol. The van der Waals surface area contributed by atoms with E-state index in [0.29, 0.717) is 0 Å². The number of hydrogen-bond acceptors (Lipinski definition) is 6. The molecule has 4 rings (SSSR count). The van der Waals surface area contributed by atoms with Crippen LogP contribution in [0.25, 0.3) is 10.6 Å². The number of aromatic nitrogens is 2. The second kappa shape index (κ2) is 5.36. The third-order valence-corrected chi connectivity index (χ3v) is 5.08. The summed E-state index contributed by atoms with van der Waals surface area (Å²) >= 11 is 1.65. The Morgan fingerprint density at radius 2 is 1.71 bits per heavy atom. The van der Waals surface area contributed by atoms with E-state index in [1.54, 1.807) is 11.3 Å². The molecular formula is C15H17N3O2S. The molecule has 5 nitrogen and oxygen atoms in total. The lowest BCUT2D eigenvalue weighted by atomic mass is 10.0. The predicted octanol–water partition coefficient (Wildman–Crippen LogP) is 2.55. The number of benzene rings is 1. The minimum Gasteiger partial charge on any atom is -0.347 e. The van der Waals surface area contributed by atoms with Crippen LogP contribution >= 0.6 is 11.3 Å². The van der Waals surface area contributed by atoms with E-state index in [1.807, 2.05) is 18.2 Å². The largest absolute Gasteiger partial charge is 0.347 e. The van der Waals surface area contributed by atoms with Crippen LogP contribution in [0, 0.1) is 0 Å². The molecule has 3 heterocycles. The molecule has 0 unspecified atom stereocenters. The molecule has 0 bridgehead atoms. The van der Waals surface area contributed by atoms with Crippen molar-refractivity contribution in [3.8, 4) is 10.6 Å². The standard InChI is InChI=1S/C15H17N3O2S/c1-2-4-12(5-3-1)13-16-17-14(21-13)18-8-6-15(7-9-18)19-10-11-20-15/h1-5H,6-11H2. The maximum Gasteiger partial charge on any atom is 0.208 e. The number of anilines is 1. The van der Waals surface area contributed by atoms with Crippen molar-refractivity contribution in [2.24, 2.45) is 0 Å². The van der Waals surface area contributed by atoms with Crippen LogP contribution in [0.3, 0.4) is 0 Å². The first-order chi connectivity index (χ1) is 10.3. The second-order valence-electron chi connectivity index (χ2n) is 5.35. The lowest BCUT2D eigenvalue weighted by Gasteiger charge is -2.37. The van der Waals surface area contributed by atoms with Gasteiger partial charge in [-0.1, -0.05) is 41.7 Å². The van der Waals surface area contributed by atoms with Crippen molar-refractivity contribution in [3.05, 3.63) is 30.3 Å². The van der Waals surface area contributed by atoms with Crippen molar-refractivity contribution < 1.29 is 9.47 Å². The minimum absolute atomic E-state index is 0.330. The van der Waals surface area contributed by atoms with Gasteiger partial charge < -0.3 is 14.4 Å². The SMILES string of the molecule is c1ccc(-c2nnc(N3CCC4(CC3)OCCO4)s2)cc1. The van der Waals surface area contributed by atoms with Crippen molar-refractivity contribution in [1.82, 2.24) is 10.2 Å². The fraction of sp³-hybridized carbons (Fsp3) is 0.467. The number of piperidine rings is 1. The summed E-state index contributed by atoms with van der Waals surface area (Å²) in [6, 6.07) is 10.2. The first kappa shape index (κ1) is 13.2. The van der Waals surface area contributed by atoms with Gasteiger partial charge in [0.05, 0.1) is 13.2 Å². The van der Waals surface area contributed by atoms with Crippen LogP contribution in [0.5, 0.6) is 0 Å². The van der Waals surface area contributed by atoms with Crippen LogP contribution in [-0.2, 0) is 9.47 Å². The highest BCUT2D eigenvalue weighted by atomic mass is 32.1. The summed E-state index contributed by atoms with van der Waals surface area (Å²) in [5.74, 6) is -0.330. The van der Waals surface area contributed by atoms with Gasteiger partial charge >= 0.3 is 0 Å². The van der Waals surface area contributed by atoms with Gasteiger partial charge in [-0.3, -0.25) is 0 Å². The lowest BCUT2D eigenvalue weighted by molar-refractivity contribution is -0.169. The quantitative estimate of drug-likeness (QED) is 0.853. The smallest absolute Gasteiger partial charge is 0.208 e. The summed E-state index contributed by atoms with van der Waals surface area (Å²) in [5.41, 5.74) is 1.12. The van der Waals surface area contributed by atoms with Crippen molar-refractivity contribution in [3.63, 3.8) is 0 Å². The molecule has 0 atom stereocenters. The first-order valence-corrected chi connectivity index (χ1v) is 8.08. The highest BCUT2D eigenvalue weighted by Gasteiger charge is 2.40. The number of rotatable bonds is 2. The molecule has 2 aromatic rings. The first-order valence-electron chi connectivity index (χ1n) is 7.26. The van der Waals surface area contributed by atoms with Gasteiger partial charge in [0.15, 0.2) is 5.79 Å². The number of ether oxygens (including phenoxy) is 2. The molecule has 2 fully saturated rings. The third-order valence-electron chi connectivity index (χ3n) is 4.04. The van der Waals surface area contributed by atoms with Crippen LogP contribution in [0.4, 0.5) is 5.13 Å². The average Bonchev–Trinajstić information content (AvgIpc) is 3.19. The van der Waals surface area contributed by atoms with E-state index >= 15 is 0 Å². The molecule has 110 valence electrons. The van der Waals surface area contributed by atoms with Crippen molar-refractivity contribution in [1.29, 1.82) is 0 Å². The van der Waals surface area contributed by atoms with Crippen molar-refractivity contribution >= 4 is 16.5 Å². The predicted molar refractivity (Wildman–Crippen MR) is 81.4 cm³/mol. The van der Waals surface area contributed by atoms with Gasteiger partial charge in [0.1, 0.15) is 5.01 Å². The number of hydrogen-bond donors (Lipinski definition) is 0. The molecule has 2 aliphatic heterocycles. The Bertz CT molecular complexity index is 600. The normalized spacial score (nSPS) is 21.0. The van der Waals surface area contributed by atoms with Gasteiger partial charge in [-0.2, -0.15) is 0 Å². The van der Waals surface area contributed by atoms with Gasteiger partial charge in [-0.25, -0.2) is 0 Å². The van der Waals surface area contributed by atoms with Gasteiger partial charge in [-0.15, -0.1) is 10.2 Å². The van der Waals surface area contributed by atoms with Crippen LogP contribution < -0.4 is 4.90 Å². The van der Waals surface area contributed by atoms with Crippen molar-refractivity contribution in [2.75, 3.05) is 31.2 Å². The molecule has 0 N–H and O–H groups in total. The van der Waals surface area contributed by atoms with Gasteiger partial charge in [0, 0.05) is 31.5 Å². The van der Waals surface area contributed by atoms with Crippen molar-refractivity contribution in [2.45, 2.75) is 18.6 Å². The fourth-order valence-corrected chi connectivity index (χ4v) is 3.77. The highest BCUT2D eigenvalue weighted by Crippen LogP contribution is 2.35. The highest BCUT2D eigenvalue weighted by molar-refractivity contribution is 7.18. The maximum absolute atomic E-state index is 5.76. The molecular weight excluding hydrogens is 286 g/mol. The lowest BCUT2D eigenvalue weighted by Crippen LogP contribution is -2.45. The Balaban J connectivity index is 1.47. The van der Waals surface area contributed by atoms with Gasteiger partial charge in [-0.05, 0) is 0 Å². The van der Waals surface area contributed by atoms with E-state index in [4.69, 9.17) is 9.47 Å². The zero-order valence-corrected chi connectivity index (χ0v) is 12.5. The fourth-order valence-electron chi connectivity index (χ4n) is 2.87. The molecule has 1 aromatic carbocycles. The van der Waals surface area contributed by atoms with Gasteiger partial charge in [0.25, 0.3) is 0 Å². The summed E-state index contributed by atoms with van der Waals surface area (Å²) in [5, 5.41) is 10.6. The minimum atomic E-state index is -0.330. The van der Waals surface area contributed by atoms with E-state index in [9.17, 15) is 0 Å². The molecule has 1 spiro atoms. The van der Waals surface area contributed by atoms with E-state index in [-0.39, 0.29) is 5.79 Å². The summed E-state index contributed by atoms with van der Waals surface area (Å²) in [6.45, 7) is 3.25. The molecule has 2 aliphatic rings. The molecule has 21 heavy (non-hydrogen) atoms. The summed E-state index contributed by atoms with van der Waals surface area (Å²) in [4.78, 5) is 2.28.